The molecule has 5 heteroatoms. The number of carbonyl (C=O) groups excluding carboxylic acids is 1. The maximum absolute atomic E-state index is 11.3. The van der Waals surface area contributed by atoms with Gasteiger partial charge in [-0.25, -0.2) is 8.42 Å². The largest absolute Gasteiger partial charge is 0.353 e. The molecule has 0 aromatic heterocycles. The van der Waals surface area contributed by atoms with E-state index in [1.54, 1.807) is 0 Å². The lowest BCUT2D eigenvalue weighted by molar-refractivity contribution is -0.119. The lowest BCUT2D eigenvalue weighted by atomic mass is 9.85. The minimum atomic E-state index is -2.93. The Morgan fingerprint density at radius 1 is 1.36 bits per heavy atom. The van der Waals surface area contributed by atoms with Crippen molar-refractivity contribution in [3.05, 3.63) is 0 Å². The second kappa shape index (κ2) is 3.22. The first-order valence-electron chi connectivity index (χ1n) is 4.95. The van der Waals surface area contributed by atoms with Gasteiger partial charge in [0.15, 0.2) is 0 Å². The highest BCUT2D eigenvalue weighted by atomic mass is 32.2. The molecule has 1 N–H and O–H groups in total. The van der Waals surface area contributed by atoms with E-state index in [-0.39, 0.29) is 17.2 Å². The summed E-state index contributed by atoms with van der Waals surface area (Å²) in [6, 6.07) is 0.107. The van der Waals surface area contributed by atoms with Crippen LogP contribution in [0.5, 0.6) is 0 Å². The predicted octanol–water partition coefficient (Wildman–Crippen LogP) is 0.0882. The highest BCUT2D eigenvalue weighted by Crippen LogP contribution is 2.33. The average Bonchev–Trinajstić information content (AvgIpc) is 2.41. The molecule has 2 fully saturated rings. The van der Waals surface area contributed by atoms with Gasteiger partial charge in [0.25, 0.3) is 0 Å². The lowest BCUT2D eigenvalue weighted by Gasteiger charge is -2.29. The monoisotopic (exact) mass is 217 g/mol. The summed E-state index contributed by atoms with van der Waals surface area (Å²) in [6.45, 7) is 0. The zero-order valence-corrected chi connectivity index (χ0v) is 9.01. The van der Waals surface area contributed by atoms with Gasteiger partial charge in [-0.05, 0) is 25.2 Å². The highest BCUT2D eigenvalue weighted by Gasteiger charge is 2.40. The summed E-state index contributed by atoms with van der Waals surface area (Å²) in [5.41, 5.74) is 0. The van der Waals surface area contributed by atoms with Gasteiger partial charge in [0.05, 0.1) is 5.25 Å². The van der Waals surface area contributed by atoms with Gasteiger partial charge in [0, 0.05) is 18.7 Å². The average molecular weight is 217 g/mol. The van der Waals surface area contributed by atoms with Crippen molar-refractivity contribution in [3.8, 4) is 0 Å². The molecule has 1 saturated heterocycles. The van der Waals surface area contributed by atoms with Gasteiger partial charge in [-0.15, -0.1) is 0 Å². The maximum atomic E-state index is 11.3. The van der Waals surface area contributed by atoms with E-state index in [0.29, 0.717) is 18.8 Å². The van der Waals surface area contributed by atoms with Crippen molar-refractivity contribution in [3.63, 3.8) is 0 Å². The van der Waals surface area contributed by atoms with Crippen molar-refractivity contribution in [2.24, 2.45) is 5.92 Å². The molecule has 1 heterocycles. The van der Waals surface area contributed by atoms with E-state index in [2.05, 4.69) is 5.32 Å². The molecule has 0 bridgehead atoms. The summed E-state index contributed by atoms with van der Waals surface area (Å²) in [7, 11) is -2.93. The third kappa shape index (κ3) is 1.78. The Bertz CT molecular complexity index is 349. The minimum Gasteiger partial charge on any atom is -0.353 e. The molecule has 1 amide bonds. The van der Waals surface area contributed by atoms with Crippen LogP contribution >= 0.6 is 0 Å². The summed E-state index contributed by atoms with van der Waals surface area (Å²) in [4.78, 5) is 11.1. The Morgan fingerprint density at radius 3 is 2.71 bits per heavy atom. The predicted molar refractivity (Wildman–Crippen MR) is 52.5 cm³/mol. The number of fused-ring (bicyclic) bond motifs is 1. The van der Waals surface area contributed by atoms with E-state index in [9.17, 15) is 13.2 Å². The Morgan fingerprint density at radius 2 is 2.07 bits per heavy atom. The summed E-state index contributed by atoms with van der Waals surface area (Å²) in [5.74, 6) is 0.453. The quantitative estimate of drug-likeness (QED) is 0.677. The van der Waals surface area contributed by atoms with E-state index in [1.165, 1.54) is 6.26 Å². The standard InChI is InChI=1S/C9H15NO3S/c1-14(12,13)7-3-2-6-4-9(11)10-8(6)5-7/h6-8H,2-5H2,1H3,(H,10,11). The van der Waals surface area contributed by atoms with Crippen molar-refractivity contribution in [1.82, 2.24) is 5.32 Å². The van der Waals surface area contributed by atoms with E-state index in [0.717, 1.165) is 12.8 Å². The molecule has 1 aliphatic heterocycles. The zero-order valence-electron chi connectivity index (χ0n) is 8.19. The molecule has 3 unspecified atom stereocenters. The van der Waals surface area contributed by atoms with Crippen LogP contribution in [0.1, 0.15) is 25.7 Å². The molecule has 2 rings (SSSR count). The summed E-state index contributed by atoms with van der Waals surface area (Å²) in [5, 5.41) is 2.61. The summed E-state index contributed by atoms with van der Waals surface area (Å²) >= 11 is 0. The summed E-state index contributed by atoms with van der Waals surface area (Å²) < 4.78 is 22.7. The number of hydrogen-bond acceptors (Lipinski definition) is 3. The van der Waals surface area contributed by atoms with Crippen LogP contribution < -0.4 is 5.32 Å². The van der Waals surface area contributed by atoms with Crippen LogP contribution in [-0.4, -0.2) is 31.9 Å². The normalized spacial score (nSPS) is 37.8. The Kier molecular flexibility index (Phi) is 2.29. The minimum absolute atomic E-state index is 0.0779. The maximum Gasteiger partial charge on any atom is 0.220 e. The van der Waals surface area contributed by atoms with Gasteiger partial charge >= 0.3 is 0 Å². The third-order valence-electron chi connectivity index (χ3n) is 3.34. The number of hydrogen-bond donors (Lipinski definition) is 1. The first-order chi connectivity index (χ1) is 6.47. The topological polar surface area (TPSA) is 63.2 Å². The molecule has 14 heavy (non-hydrogen) atoms. The molecule has 4 nitrogen and oxygen atoms in total. The molecular weight excluding hydrogens is 202 g/mol. The molecule has 2 aliphatic rings. The Labute approximate surface area is 84.0 Å². The molecule has 3 atom stereocenters. The van der Waals surface area contributed by atoms with Crippen molar-refractivity contribution in [2.45, 2.75) is 37.0 Å². The summed E-state index contributed by atoms with van der Waals surface area (Å²) in [6.07, 6.45) is 4.06. The van der Waals surface area contributed by atoms with Gasteiger partial charge in [-0.2, -0.15) is 0 Å². The smallest absolute Gasteiger partial charge is 0.220 e. The van der Waals surface area contributed by atoms with Gasteiger partial charge in [-0.3, -0.25) is 4.79 Å². The van der Waals surface area contributed by atoms with Gasteiger partial charge in [0.2, 0.25) is 5.91 Å². The van der Waals surface area contributed by atoms with Crippen molar-refractivity contribution >= 4 is 15.7 Å². The van der Waals surface area contributed by atoms with Crippen molar-refractivity contribution < 1.29 is 13.2 Å². The van der Waals surface area contributed by atoms with Crippen molar-refractivity contribution in [1.29, 1.82) is 0 Å². The molecule has 0 aromatic rings. The molecule has 1 aliphatic carbocycles. The van der Waals surface area contributed by atoms with E-state index < -0.39 is 9.84 Å². The third-order valence-corrected chi connectivity index (χ3v) is 4.98. The van der Waals surface area contributed by atoms with E-state index >= 15 is 0 Å². The Balaban J connectivity index is 2.08. The van der Waals surface area contributed by atoms with Crippen molar-refractivity contribution in [2.75, 3.05) is 6.26 Å². The van der Waals surface area contributed by atoms with E-state index in [4.69, 9.17) is 0 Å². The molecular formula is C9H15NO3S. The van der Waals surface area contributed by atoms with Crippen LogP contribution in [0.4, 0.5) is 0 Å². The van der Waals surface area contributed by atoms with Crippen LogP contribution in [0.15, 0.2) is 0 Å². The van der Waals surface area contributed by atoms with Crippen LogP contribution in [0, 0.1) is 5.92 Å². The molecule has 1 saturated carbocycles. The van der Waals surface area contributed by atoms with Crippen LogP contribution in [0.2, 0.25) is 0 Å². The van der Waals surface area contributed by atoms with Gasteiger partial charge < -0.3 is 5.32 Å². The first kappa shape index (κ1) is 9.96. The fourth-order valence-corrected chi connectivity index (χ4v) is 3.63. The number of sulfone groups is 1. The van der Waals surface area contributed by atoms with E-state index in [1.807, 2.05) is 0 Å². The SMILES string of the molecule is CS(=O)(=O)C1CCC2CC(=O)NC2C1. The number of amides is 1. The molecule has 0 aromatic carbocycles. The number of nitrogens with one attached hydrogen (secondary N) is 1. The Hall–Kier alpha value is -0.580. The second-order valence-electron chi connectivity index (χ2n) is 4.40. The molecule has 0 radical (unpaired) electrons. The number of rotatable bonds is 1. The molecule has 80 valence electrons. The number of carbonyl (C=O) groups is 1. The fourth-order valence-electron chi connectivity index (χ4n) is 2.51. The van der Waals surface area contributed by atoms with Gasteiger partial charge in [0.1, 0.15) is 9.84 Å². The first-order valence-corrected chi connectivity index (χ1v) is 6.90. The van der Waals surface area contributed by atoms with Crippen LogP contribution in [0.3, 0.4) is 0 Å². The lowest BCUT2D eigenvalue weighted by Crippen LogP contribution is -2.39. The second-order valence-corrected chi connectivity index (χ2v) is 6.73. The van der Waals surface area contributed by atoms with Gasteiger partial charge in [-0.1, -0.05) is 0 Å². The highest BCUT2D eigenvalue weighted by molar-refractivity contribution is 7.91. The van der Waals surface area contributed by atoms with Crippen LogP contribution in [0.25, 0.3) is 0 Å². The fraction of sp³-hybridized carbons (Fsp3) is 0.889. The molecule has 0 spiro atoms. The van der Waals surface area contributed by atoms with Crippen LogP contribution in [-0.2, 0) is 14.6 Å². The zero-order chi connectivity index (χ0) is 10.3.